The van der Waals surface area contributed by atoms with E-state index < -0.39 is 10.0 Å². The second-order valence-electron chi connectivity index (χ2n) is 4.73. The van der Waals surface area contributed by atoms with Gasteiger partial charge in [0.05, 0.1) is 6.54 Å². The van der Waals surface area contributed by atoms with Crippen LogP contribution < -0.4 is 5.32 Å². The van der Waals surface area contributed by atoms with E-state index in [-0.39, 0.29) is 15.6 Å². The van der Waals surface area contributed by atoms with Crippen LogP contribution in [0.4, 0.5) is 0 Å². The number of nitrogens with zero attached hydrogens (tertiary/aromatic N) is 1. The monoisotopic (exact) mass is 362 g/mol. The third kappa shape index (κ3) is 3.33. The number of hydrogen-bond acceptors (Lipinski definition) is 4. The second kappa shape index (κ2) is 6.43. The highest BCUT2D eigenvalue weighted by Gasteiger charge is 2.39. The Morgan fingerprint density at radius 1 is 1.60 bits per heavy atom. The van der Waals surface area contributed by atoms with E-state index in [0.717, 1.165) is 19.4 Å². The van der Waals surface area contributed by atoms with Gasteiger partial charge in [-0.05, 0) is 35.3 Å². The first kappa shape index (κ1) is 15.8. The molecule has 1 fully saturated rings. The normalized spacial score (nSPS) is 15.8. The van der Waals surface area contributed by atoms with Crippen LogP contribution in [-0.2, 0) is 16.6 Å². The first-order valence-corrected chi connectivity index (χ1v) is 8.85. The summed E-state index contributed by atoms with van der Waals surface area (Å²) in [4.78, 5) is 0.194. The minimum absolute atomic E-state index is 0.0945. The zero-order valence-corrected chi connectivity index (χ0v) is 13.8. The van der Waals surface area contributed by atoms with Crippen molar-refractivity contribution in [3.63, 3.8) is 0 Å². The summed E-state index contributed by atoms with van der Waals surface area (Å²) in [5, 5.41) is 3.11. The van der Waals surface area contributed by atoms with Crippen LogP contribution in [0.15, 0.2) is 32.7 Å². The zero-order valence-electron chi connectivity index (χ0n) is 11.4. The van der Waals surface area contributed by atoms with Crippen molar-refractivity contribution in [3.05, 3.63) is 29.2 Å². The van der Waals surface area contributed by atoms with Gasteiger partial charge in [0.1, 0.15) is 10.7 Å². The van der Waals surface area contributed by atoms with Crippen LogP contribution in [0.5, 0.6) is 0 Å². The number of furan rings is 1. The molecule has 0 saturated heterocycles. The maximum atomic E-state index is 12.7. The highest BCUT2D eigenvalue weighted by atomic mass is 79.9. The van der Waals surface area contributed by atoms with Crippen LogP contribution in [-0.4, -0.2) is 31.9 Å². The fourth-order valence-electron chi connectivity index (χ4n) is 1.97. The maximum absolute atomic E-state index is 12.7. The first-order chi connectivity index (χ1) is 9.50. The maximum Gasteiger partial charge on any atom is 0.248 e. The summed E-state index contributed by atoms with van der Waals surface area (Å²) in [5.41, 5.74) is 0. The lowest BCUT2D eigenvalue weighted by atomic mass is 10.4. The van der Waals surface area contributed by atoms with E-state index in [1.54, 1.807) is 12.1 Å². The molecule has 1 saturated carbocycles. The van der Waals surface area contributed by atoms with Crippen molar-refractivity contribution in [3.8, 4) is 0 Å². The first-order valence-electron chi connectivity index (χ1n) is 6.62. The summed E-state index contributed by atoms with van der Waals surface area (Å²) in [6.07, 6.45) is 3.43. The summed E-state index contributed by atoms with van der Waals surface area (Å²) in [5.74, 6) is 0.603. The van der Waals surface area contributed by atoms with Crippen LogP contribution in [0, 0.1) is 0 Å². The van der Waals surface area contributed by atoms with E-state index in [9.17, 15) is 8.42 Å². The number of hydrogen-bond donors (Lipinski definition) is 1. The molecule has 1 aromatic heterocycles. The number of halogens is 1. The molecule has 1 aliphatic rings. The standard InChI is InChI=1S/C13H19BrN2O3S/c1-3-7-16(10-5-6-10)20(17,18)12-8-11(9-15-4-2)19-13(12)14/h3,8,10,15H,1,4-7,9H2,2H3. The minimum Gasteiger partial charge on any atom is -0.452 e. The Bertz CT molecular complexity index is 578. The average molecular weight is 363 g/mol. The topological polar surface area (TPSA) is 62.6 Å². The molecule has 0 bridgehead atoms. The molecular weight excluding hydrogens is 344 g/mol. The SMILES string of the molecule is C=CCN(C1CC1)S(=O)(=O)c1cc(CNCC)oc1Br. The number of rotatable bonds is 8. The fourth-order valence-corrected chi connectivity index (χ4v) is 4.59. The van der Waals surface area contributed by atoms with Gasteiger partial charge in [0.15, 0.2) is 4.67 Å². The summed E-state index contributed by atoms with van der Waals surface area (Å²) >= 11 is 3.21. The minimum atomic E-state index is -3.54. The smallest absolute Gasteiger partial charge is 0.248 e. The van der Waals surface area contributed by atoms with Gasteiger partial charge in [-0.2, -0.15) is 4.31 Å². The molecule has 0 amide bonds. The summed E-state index contributed by atoms with van der Waals surface area (Å²) in [6.45, 7) is 7.25. The van der Waals surface area contributed by atoms with E-state index in [4.69, 9.17) is 4.42 Å². The van der Waals surface area contributed by atoms with Crippen molar-refractivity contribution < 1.29 is 12.8 Å². The van der Waals surface area contributed by atoms with Gasteiger partial charge >= 0.3 is 0 Å². The molecule has 5 nitrogen and oxygen atoms in total. The van der Waals surface area contributed by atoms with Gasteiger partial charge < -0.3 is 9.73 Å². The van der Waals surface area contributed by atoms with Gasteiger partial charge in [-0.1, -0.05) is 13.0 Å². The third-order valence-electron chi connectivity index (χ3n) is 3.11. The molecule has 112 valence electrons. The van der Waals surface area contributed by atoms with Crippen LogP contribution in [0.3, 0.4) is 0 Å². The number of sulfonamides is 1. The van der Waals surface area contributed by atoms with Crippen molar-refractivity contribution in [1.29, 1.82) is 0 Å². The fraction of sp³-hybridized carbons (Fsp3) is 0.538. The predicted molar refractivity (Wildman–Crippen MR) is 80.9 cm³/mol. The summed E-state index contributed by atoms with van der Waals surface area (Å²) in [7, 11) is -3.54. The Morgan fingerprint density at radius 2 is 2.30 bits per heavy atom. The van der Waals surface area contributed by atoms with Gasteiger partial charge in [-0.25, -0.2) is 8.42 Å². The molecular formula is C13H19BrN2O3S. The van der Waals surface area contributed by atoms with Gasteiger partial charge in [0, 0.05) is 18.7 Å². The second-order valence-corrected chi connectivity index (χ2v) is 7.30. The Morgan fingerprint density at radius 3 is 2.85 bits per heavy atom. The van der Waals surface area contributed by atoms with Crippen LogP contribution in [0.1, 0.15) is 25.5 Å². The molecule has 0 unspecified atom stereocenters. The predicted octanol–water partition coefficient (Wildman–Crippen LogP) is 2.49. The van der Waals surface area contributed by atoms with Crippen molar-refractivity contribution in [2.45, 2.75) is 37.2 Å². The quantitative estimate of drug-likeness (QED) is 0.721. The Kier molecular flexibility index (Phi) is 5.06. The van der Waals surface area contributed by atoms with Crippen molar-refractivity contribution in [2.75, 3.05) is 13.1 Å². The van der Waals surface area contributed by atoms with E-state index in [1.807, 2.05) is 6.92 Å². The van der Waals surface area contributed by atoms with E-state index >= 15 is 0 Å². The van der Waals surface area contributed by atoms with Gasteiger partial charge in [0.25, 0.3) is 0 Å². The molecule has 0 aliphatic heterocycles. The van der Waals surface area contributed by atoms with E-state index in [1.165, 1.54) is 4.31 Å². The van der Waals surface area contributed by atoms with Gasteiger partial charge in [-0.3, -0.25) is 0 Å². The Balaban J connectivity index is 2.27. The van der Waals surface area contributed by atoms with Crippen LogP contribution in [0.25, 0.3) is 0 Å². The lowest BCUT2D eigenvalue weighted by molar-refractivity contribution is 0.431. The molecule has 1 aromatic rings. The molecule has 1 N–H and O–H groups in total. The van der Waals surface area contributed by atoms with Crippen molar-refractivity contribution in [1.82, 2.24) is 9.62 Å². The highest BCUT2D eigenvalue weighted by Crippen LogP contribution is 2.35. The molecule has 0 radical (unpaired) electrons. The molecule has 2 rings (SSSR count). The van der Waals surface area contributed by atoms with Crippen LogP contribution in [0.2, 0.25) is 0 Å². The molecule has 0 atom stereocenters. The Hall–Kier alpha value is -0.630. The largest absolute Gasteiger partial charge is 0.452 e. The van der Waals surface area contributed by atoms with Gasteiger partial charge in [0.2, 0.25) is 10.0 Å². The summed E-state index contributed by atoms with van der Waals surface area (Å²) < 4.78 is 32.6. The van der Waals surface area contributed by atoms with Crippen molar-refractivity contribution in [2.24, 2.45) is 0 Å². The molecule has 1 heterocycles. The van der Waals surface area contributed by atoms with Crippen molar-refractivity contribution >= 4 is 26.0 Å². The third-order valence-corrected chi connectivity index (χ3v) is 5.88. The average Bonchev–Trinajstić information content (AvgIpc) is 3.16. The molecule has 0 aromatic carbocycles. The summed E-state index contributed by atoms with van der Waals surface area (Å²) in [6, 6.07) is 1.68. The number of nitrogens with one attached hydrogen (secondary N) is 1. The lowest BCUT2D eigenvalue weighted by Gasteiger charge is -2.19. The Labute approximate surface area is 128 Å². The molecule has 0 spiro atoms. The van der Waals surface area contributed by atoms with Crippen LogP contribution >= 0.6 is 15.9 Å². The van der Waals surface area contributed by atoms with Gasteiger partial charge in [-0.15, -0.1) is 6.58 Å². The lowest BCUT2D eigenvalue weighted by Crippen LogP contribution is -2.33. The molecule has 1 aliphatic carbocycles. The zero-order chi connectivity index (χ0) is 14.8. The molecule has 20 heavy (non-hydrogen) atoms. The van der Waals surface area contributed by atoms with E-state index in [0.29, 0.717) is 18.8 Å². The molecule has 7 heteroatoms. The highest BCUT2D eigenvalue weighted by molar-refractivity contribution is 9.10. The van der Waals surface area contributed by atoms with E-state index in [2.05, 4.69) is 27.8 Å².